The first-order valence-electron chi connectivity index (χ1n) is 15.2. The van der Waals surface area contributed by atoms with Crippen LogP contribution in [0.15, 0.2) is 77.7 Å². The molecule has 0 aromatic heterocycles. The number of hydrogen-bond acceptors (Lipinski definition) is 6. The Morgan fingerprint density at radius 2 is 1.62 bits per heavy atom. The Balaban J connectivity index is 1.58. The number of nitrogens with zero attached hydrogens (tertiary/aromatic N) is 1. The molecule has 3 aromatic carbocycles. The molecule has 1 aliphatic carbocycles. The van der Waals surface area contributed by atoms with E-state index in [4.69, 9.17) is 5.11 Å². The molecule has 4 rings (SSSR count). The molecule has 0 spiro atoms. The van der Waals surface area contributed by atoms with Crippen LogP contribution in [-0.2, 0) is 21.2 Å². The molecule has 3 amide bonds. The summed E-state index contributed by atoms with van der Waals surface area (Å²) in [6.07, 6.45) is 6.19. The van der Waals surface area contributed by atoms with E-state index in [2.05, 4.69) is 32.2 Å². The minimum absolute atomic E-state index is 0.00284. The summed E-state index contributed by atoms with van der Waals surface area (Å²) in [7, 11) is -3.79. The third-order valence-corrected chi connectivity index (χ3v) is 9.51. The summed E-state index contributed by atoms with van der Waals surface area (Å²) in [5.74, 6) is -7.24. The van der Waals surface area contributed by atoms with Gasteiger partial charge in [0.15, 0.2) is 9.84 Å². The Bertz CT molecular complexity index is 1820. The van der Waals surface area contributed by atoms with Gasteiger partial charge in [0, 0.05) is 23.2 Å². The molecule has 0 heterocycles. The zero-order valence-electron chi connectivity index (χ0n) is 27.1. The van der Waals surface area contributed by atoms with Crippen LogP contribution in [0.5, 0.6) is 5.75 Å². The predicted molar refractivity (Wildman–Crippen MR) is 179 cm³/mol. The van der Waals surface area contributed by atoms with Gasteiger partial charge in [0.1, 0.15) is 10.6 Å². The summed E-state index contributed by atoms with van der Waals surface area (Å²) < 4.78 is 51.1. The molecule has 48 heavy (non-hydrogen) atoms. The number of phenols is 1. The topological polar surface area (TPSA) is 153 Å². The van der Waals surface area contributed by atoms with E-state index in [0.29, 0.717) is 17.2 Å². The summed E-state index contributed by atoms with van der Waals surface area (Å²) >= 11 is 0. The highest BCUT2D eigenvalue weighted by Gasteiger charge is 2.39. The van der Waals surface area contributed by atoms with Crippen molar-refractivity contribution in [2.24, 2.45) is 11.3 Å². The van der Waals surface area contributed by atoms with Crippen LogP contribution in [0.2, 0.25) is 0 Å². The van der Waals surface area contributed by atoms with Crippen LogP contribution >= 0.6 is 0 Å². The number of sulfone groups is 1. The Hall–Kier alpha value is -4.78. The summed E-state index contributed by atoms with van der Waals surface area (Å²) in [6.45, 7) is 5.36. The number of alkyl halides is 2. The number of phenolic OH excluding ortho intramolecular Hbond substituents is 1. The van der Waals surface area contributed by atoms with Gasteiger partial charge in [-0.2, -0.15) is 8.78 Å². The highest BCUT2D eigenvalue weighted by molar-refractivity contribution is 7.90. The number of rotatable bonds is 10. The van der Waals surface area contributed by atoms with Crippen molar-refractivity contribution in [2.75, 3.05) is 23.0 Å². The lowest BCUT2D eigenvalue weighted by Crippen LogP contribution is -2.42. The Kier molecular flexibility index (Phi) is 10.6. The molecule has 0 saturated heterocycles. The molecule has 0 saturated carbocycles. The Morgan fingerprint density at radius 3 is 2.17 bits per heavy atom. The molecule has 1 unspecified atom stereocenters. The monoisotopic (exact) mass is 683 g/mol. The quantitative estimate of drug-likeness (QED) is 0.173. The number of carbonyl (C=O) groups excluding carboxylic acids is 2. The van der Waals surface area contributed by atoms with E-state index in [-0.39, 0.29) is 28.1 Å². The van der Waals surface area contributed by atoms with E-state index in [9.17, 15) is 36.7 Å². The van der Waals surface area contributed by atoms with Gasteiger partial charge in [-0.05, 0) is 89.8 Å². The minimum atomic E-state index is -4.12. The average Bonchev–Trinajstić information content (AvgIpc) is 3.03. The molecule has 0 bridgehead atoms. The molecule has 256 valence electrons. The number of aliphatic carboxylic acids is 1. The van der Waals surface area contributed by atoms with Gasteiger partial charge >= 0.3 is 17.9 Å². The molecule has 0 radical (unpaired) electrons. The third kappa shape index (κ3) is 8.97. The number of amides is 3. The van der Waals surface area contributed by atoms with Crippen molar-refractivity contribution < 1.29 is 41.8 Å². The van der Waals surface area contributed by atoms with Gasteiger partial charge < -0.3 is 20.8 Å². The van der Waals surface area contributed by atoms with Crippen LogP contribution in [0.1, 0.15) is 61.5 Å². The molecule has 10 nitrogen and oxygen atoms in total. The molecule has 0 aliphatic heterocycles. The van der Waals surface area contributed by atoms with Crippen molar-refractivity contribution in [1.29, 1.82) is 0 Å². The molecular formula is C35H39F2N3O7S. The van der Waals surface area contributed by atoms with Gasteiger partial charge in [-0.1, -0.05) is 51.1 Å². The van der Waals surface area contributed by atoms with Crippen LogP contribution in [0, 0.1) is 11.3 Å². The lowest BCUT2D eigenvalue weighted by Gasteiger charge is -2.33. The number of benzene rings is 3. The summed E-state index contributed by atoms with van der Waals surface area (Å²) in [4.78, 5) is 37.8. The second-order valence-corrected chi connectivity index (χ2v) is 15.0. The maximum Gasteiger partial charge on any atom is 0.376 e. The summed E-state index contributed by atoms with van der Waals surface area (Å²) in [6, 6.07) is 16.3. The van der Waals surface area contributed by atoms with Gasteiger partial charge in [0.25, 0.3) is 5.91 Å². The first kappa shape index (κ1) is 36.1. The van der Waals surface area contributed by atoms with Crippen molar-refractivity contribution in [3.8, 4) is 5.75 Å². The van der Waals surface area contributed by atoms with E-state index < -0.39 is 46.0 Å². The maximum atomic E-state index is 13.7. The molecule has 0 fully saturated rings. The lowest BCUT2D eigenvalue weighted by atomic mass is 9.72. The van der Waals surface area contributed by atoms with Gasteiger partial charge in [-0.3, -0.25) is 9.69 Å². The molecule has 3 aromatic rings. The Labute approximate surface area is 278 Å². The van der Waals surface area contributed by atoms with Gasteiger partial charge in [-0.15, -0.1) is 0 Å². The van der Waals surface area contributed by atoms with Crippen molar-refractivity contribution in [2.45, 2.75) is 57.4 Å². The molecule has 13 heteroatoms. The number of aromatic hydroxyl groups is 1. The predicted octanol–water partition coefficient (Wildman–Crippen LogP) is 6.71. The van der Waals surface area contributed by atoms with Crippen molar-refractivity contribution in [1.82, 2.24) is 5.32 Å². The van der Waals surface area contributed by atoms with Crippen LogP contribution in [-0.4, -0.2) is 55.3 Å². The van der Waals surface area contributed by atoms with E-state index in [1.54, 1.807) is 12.1 Å². The number of carboxylic acid groups (broad SMARTS) is 1. The third-order valence-electron chi connectivity index (χ3n) is 8.38. The average molecular weight is 684 g/mol. The fourth-order valence-corrected chi connectivity index (χ4v) is 6.20. The number of urea groups is 1. The maximum absolute atomic E-state index is 13.7. The van der Waals surface area contributed by atoms with E-state index >= 15 is 0 Å². The van der Waals surface area contributed by atoms with Crippen molar-refractivity contribution >= 4 is 44.7 Å². The molecular weight excluding hydrogens is 644 g/mol. The second kappa shape index (κ2) is 14.1. The van der Waals surface area contributed by atoms with Crippen LogP contribution < -0.4 is 15.5 Å². The summed E-state index contributed by atoms with van der Waals surface area (Å²) in [5.41, 5.74) is 3.69. The van der Waals surface area contributed by atoms with E-state index in [1.165, 1.54) is 46.9 Å². The number of carbonyl (C=O) groups is 3. The highest BCUT2D eigenvalue weighted by Crippen LogP contribution is 2.40. The van der Waals surface area contributed by atoms with Crippen molar-refractivity contribution in [3.63, 3.8) is 0 Å². The van der Waals surface area contributed by atoms with Crippen LogP contribution in [0.25, 0.3) is 5.57 Å². The van der Waals surface area contributed by atoms with Gasteiger partial charge in [0.2, 0.25) is 0 Å². The number of carboxylic acids is 1. The first-order valence-corrected chi connectivity index (χ1v) is 17.1. The number of allylic oxidation sites excluding steroid dienone is 2. The zero-order valence-corrected chi connectivity index (χ0v) is 27.9. The van der Waals surface area contributed by atoms with Crippen LogP contribution in [0.4, 0.5) is 25.0 Å². The van der Waals surface area contributed by atoms with Gasteiger partial charge in [-0.25, -0.2) is 18.0 Å². The second-order valence-electron chi connectivity index (χ2n) is 13.0. The normalized spacial score (nSPS) is 15.3. The SMILES string of the molecule is CC(C)(C)C1CC=C(c2ccc(N(Cc3ccc(C(=O)NCC(F)(F)C(=O)O)cc3)C(=O)Nc3ccc(O)c(S(C)(=O)=O)c3)cc2)CC1. The fraction of sp³-hybridized carbons (Fsp3) is 0.343. The molecule has 1 atom stereocenters. The zero-order chi connectivity index (χ0) is 35.4. The summed E-state index contributed by atoms with van der Waals surface area (Å²) in [5, 5.41) is 23.2. The standard InChI is InChI=1S/C35H39F2N3O7S/c1-34(2,3)26-13-9-23(10-14-26)24-11-16-28(17-12-24)40(33(45)39-27-15-18-29(41)30(19-27)48(4,46)47)20-22-5-7-25(8-6-22)31(42)38-21-35(36,37)32(43)44/h5-9,11-12,15-19,26,41H,10,13-14,20-21H2,1-4H3,(H,38,42)(H,39,45)(H,43,44). The van der Waals surface area contributed by atoms with E-state index in [0.717, 1.165) is 37.1 Å². The Morgan fingerprint density at radius 1 is 0.979 bits per heavy atom. The first-order chi connectivity index (χ1) is 22.3. The molecule has 4 N–H and O–H groups in total. The molecule has 1 aliphatic rings. The minimum Gasteiger partial charge on any atom is -0.507 e. The fourth-order valence-electron chi connectivity index (χ4n) is 5.41. The number of nitrogens with one attached hydrogen (secondary N) is 2. The highest BCUT2D eigenvalue weighted by atomic mass is 32.2. The lowest BCUT2D eigenvalue weighted by molar-refractivity contribution is -0.163. The van der Waals surface area contributed by atoms with Gasteiger partial charge in [0.05, 0.1) is 13.1 Å². The number of hydrogen-bond donors (Lipinski definition) is 4. The van der Waals surface area contributed by atoms with Crippen molar-refractivity contribution in [3.05, 3.63) is 89.5 Å². The largest absolute Gasteiger partial charge is 0.507 e. The number of anilines is 2. The van der Waals surface area contributed by atoms with Crippen LogP contribution in [0.3, 0.4) is 0 Å². The number of halogens is 2. The van der Waals surface area contributed by atoms with E-state index in [1.807, 2.05) is 17.4 Å². The smallest absolute Gasteiger partial charge is 0.376 e.